The number of rotatable bonds is 7. The van der Waals surface area contributed by atoms with Gasteiger partial charge in [0.2, 0.25) is 5.75 Å². The van der Waals surface area contributed by atoms with Crippen LogP contribution in [0.1, 0.15) is 36.6 Å². The van der Waals surface area contributed by atoms with Crippen molar-refractivity contribution in [1.29, 1.82) is 0 Å². The molecule has 8 nitrogen and oxygen atoms in total. The molecule has 0 bridgehead atoms. The summed E-state index contributed by atoms with van der Waals surface area (Å²) in [6.07, 6.45) is 2.05. The van der Waals surface area contributed by atoms with Crippen LogP contribution < -0.4 is 14.8 Å². The maximum absolute atomic E-state index is 10.1. The molecule has 154 valence electrons. The lowest BCUT2D eigenvalue weighted by Gasteiger charge is -2.22. The van der Waals surface area contributed by atoms with Crippen LogP contribution in [0.25, 0.3) is 0 Å². The number of methoxy groups -OCH3 is 2. The molecule has 0 fully saturated rings. The molecule has 0 radical (unpaired) electrons. The van der Waals surface area contributed by atoms with E-state index in [0.717, 1.165) is 17.2 Å². The first-order chi connectivity index (χ1) is 13.3. The Kier molecular flexibility index (Phi) is 7.14. The number of phenols is 1. The van der Waals surface area contributed by atoms with E-state index >= 15 is 0 Å². The van der Waals surface area contributed by atoms with E-state index in [1.807, 2.05) is 18.8 Å². The third-order valence-corrected chi connectivity index (χ3v) is 4.46. The predicted molar refractivity (Wildman–Crippen MR) is 110 cm³/mol. The number of hydrogen-bond donors (Lipinski definition) is 2. The molecule has 0 aliphatic heterocycles. The Morgan fingerprint density at radius 3 is 2.39 bits per heavy atom. The number of aromatic hydroxyl groups is 1. The van der Waals surface area contributed by atoms with Crippen molar-refractivity contribution in [3.8, 4) is 17.2 Å². The van der Waals surface area contributed by atoms with Crippen LogP contribution in [0, 0.1) is 0 Å². The summed E-state index contributed by atoms with van der Waals surface area (Å²) in [7, 11) is 8.71. The van der Waals surface area contributed by atoms with Crippen LogP contribution >= 0.6 is 0 Å². The van der Waals surface area contributed by atoms with E-state index in [0.29, 0.717) is 30.5 Å². The van der Waals surface area contributed by atoms with Crippen molar-refractivity contribution in [2.45, 2.75) is 32.9 Å². The summed E-state index contributed by atoms with van der Waals surface area (Å²) in [6, 6.07) is 3.55. The van der Waals surface area contributed by atoms with E-state index in [4.69, 9.17) is 9.47 Å². The highest BCUT2D eigenvalue weighted by atomic mass is 16.5. The monoisotopic (exact) mass is 389 g/mol. The van der Waals surface area contributed by atoms with Crippen LogP contribution in [0.2, 0.25) is 0 Å². The molecule has 0 saturated carbocycles. The third-order valence-electron chi connectivity index (χ3n) is 4.46. The summed E-state index contributed by atoms with van der Waals surface area (Å²) >= 11 is 0. The summed E-state index contributed by atoms with van der Waals surface area (Å²) in [4.78, 5) is 6.43. The molecule has 28 heavy (non-hydrogen) atoms. The van der Waals surface area contributed by atoms with Gasteiger partial charge in [-0.3, -0.25) is 9.67 Å². The van der Waals surface area contributed by atoms with Crippen molar-refractivity contribution in [3.05, 3.63) is 35.2 Å². The third kappa shape index (κ3) is 4.88. The Bertz CT molecular complexity index is 804. The molecule has 1 heterocycles. The molecule has 8 heteroatoms. The summed E-state index contributed by atoms with van der Waals surface area (Å²) in [5, 5.41) is 18.0. The number of guanidine groups is 1. The van der Waals surface area contributed by atoms with Crippen molar-refractivity contribution >= 4 is 5.96 Å². The van der Waals surface area contributed by atoms with Gasteiger partial charge >= 0.3 is 0 Å². The Morgan fingerprint density at radius 2 is 1.89 bits per heavy atom. The number of phenolic OH excluding ortho intramolecular Hbond substituents is 1. The molecule has 0 unspecified atom stereocenters. The van der Waals surface area contributed by atoms with Gasteiger partial charge in [-0.1, -0.05) is 13.8 Å². The average molecular weight is 390 g/mol. The van der Waals surface area contributed by atoms with Crippen LogP contribution in [0.15, 0.2) is 23.3 Å². The van der Waals surface area contributed by atoms with E-state index in [9.17, 15) is 5.11 Å². The Labute approximate surface area is 166 Å². The molecule has 0 spiro atoms. The van der Waals surface area contributed by atoms with Crippen molar-refractivity contribution in [1.82, 2.24) is 20.0 Å². The molecule has 0 saturated heterocycles. The standard InChI is InChI=1S/C20H31N5O3/c1-13(2)18-15(12-25(5)23-18)11-24(4)20(21-3)22-10-14-8-16(27-6)19(26)17(9-14)28-7/h8-9,12-13,26H,10-11H2,1-7H3,(H,21,22). The number of ether oxygens (including phenoxy) is 2. The van der Waals surface area contributed by atoms with E-state index in [-0.39, 0.29) is 5.75 Å². The van der Waals surface area contributed by atoms with Crippen molar-refractivity contribution in [2.24, 2.45) is 12.0 Å². The molecule has 1 aromatic heterocycles. The lowest BCUT2D eigenvalue weighted by Crippen LogP contribution is -2.38. The predicted octanol–water partition coefficient (Wildman–Crippen LogP) is 2.47. The van der Waals surface area contributed by atoms with Gasteiger partial charge in [0.15, 0.2) is 17.5 Å². The summed E-state index contributed by atoms with van der Waals surface area (Å²) < 4.78 is 12.3. The number of nitrogens with zero attached hydrogens (tertiary/aromatic N) is 4. The number of hydrogen-bond acceptors (Lipinski definition) is 5. The largest absolute Gasteiger partial charge is 0.502 e. The molecule has 0 aliphatic carbocycles. The summed E-state index contributed by atoms with van der Waals surface area (Å²) in [6.45, 7) is 5.49. The zero-order valence-corrected chi connectivity index (χ0v) is 17.8. The molecular weight excluding hydrogens is 358 g/mol. The molecule has 0 aliphatic rings. The lowest BCUT2D eigenvalue weighted by molar-refractivity contribution is 0.339. The van der Waals surface area contributed by atoms with Gasteiger partial charge in [-0.05, 0) is 23.6 Å². The van der Waals surface area contributed by atoms with Crippen molar-refractivity contribution < 1.29 is 14.6 Å². The van der Waals surface area contributed by atoms with Crippen LogP contribution in [0.4, 0.5) is 0 Å². The average Bonchev–Trinajstić information content (AvgIpc) is 3.03. The molecule has 1 aromatic carbocycles. The SMILES string of the molecule is CN=C(NCc1cc(OC)c(O)c(OC)c1)N(C)Cc1cn(C)nc1C(C)C. The normalized spacial score (nSPS) is 11.6. The molecule has 0 amide bonds. The number of aryl methyl sites for hydroxylation is 1. The second-order valence-corrected chi connectivity index (χ2v) is 6.97. The smallest absolute Gasteiger partial charge is 0.200 e. The minimum absolute atomic E-state index is 0.00644. The zero-order valence-electron chi connectivity index (χ0n) is 17.8. The molecule has 2 N–H and O–H groups in total. The maximum Gasteiger partial charge on any atom is 0.200 e. The van der Waals surface area contributed by atoms with E-state index in [1.165, 1.54) is 19.8 Å². The van der Waals surface area contributed by atoms with E-state index < -0.39 is 0 Å². The Hall–Kier alpha value is -2.90. The number of nitrogens with one attached hydrogen (secondary N) is 1. The Balaban J connectivity index is 2.11. The van der Waals surface area contributed by atoms with Gasteiger partial charge in [0.05, 0.1) is 19.9 Å². The van der Waals surface area contributed by atoms with Gasteiger partial charge in [0.25, 0.3) is 0 Å². The number of aromatic nitrogens is 2. The fraction of sp³-hybridized carbons (Fsp3) is 0.500. The first kappa shape index (κ1) is 21.4. The zero-order chi connectivity index (χ0) is 20.8. The minimum atomic E-state index is -0.00644. The maximum atomic E-state index is 10.1. The highest BCUT2D eigenvalue weighted by Crippen LogP contribution is 2.37. The molecular formula is C20H31N5O3. The second-order valence-electron chi connectivity index (χ2n) is 6.97. The summed E-state index contributed by atoms with van der Waals surface area (Å²) in [5.41, 5.74) is 3.18. The number of aliphatic imine (C=N–C) groups is 1. The highest BCUT2D eigenvalue weighted by molar-refractivity contribution is 5.79. The van der Waals surface area contributed by atoms with Crippen LogP contribution in [-0.4, -0.2) is 54.1 Å². The molecule has 2 rings (SSSR count). The topological polar surface area (TPSA) is 84.1 Å². The van der Waals surface area contributed by atoms with E-state index in [2.05, 4.69) is 40.4 Å². The first-order valence-electron chi connectivity index (χ1n) is 9.18. The Morgan fingerprint density at radius 1 is 1.29 bits per heavy atom. The summed E-state index contributed by atoms with van der Waals surface area (Å²) in [5.74, 6) is 1.85. The second kappa shape index (κ2) is 9.34. The van der Waals surface area contributed by atoms with Gasteiger partial charge in [-0.2, -0.15) is 5.10 Å². The molecule has 0 atom stereocenters. The first-order valence-corrected chi connectivity index (χ1v) is 9.18. The van der Waals surface area contributed by atoms with Gasteiger partial charge in [0.1, 0.15) is 0 Å². The fourth-order valence-corrected chi connectivity index (χ4v) is 3.11. The van der Waals surface area contributed by atoms with E-state index in [1.54, 1.807) is 19.2 Å². The number of benzene rings is 1. The van der Waals surface area contributed by atoms with Crippen LogP contribution in [-0.2, 0) is 20.1 Å². The van der Waals surface area contributed by atoms with Gasteiger partial charge < -0.3 is 24.8 Å². The minimum Gasteiger partial charge on any atom is -0.502 e. The van der Waals surface area contributed by atoms with Crippen LogP contribution in [0.5, 0.6) is 17.2 Å². The molecule has 2 aromatic rings. The van der Waals surface area contributed by atoms with Gasteiger partial charge in [0, 0.05) is 46.0 Å². The van der Waals surface area contributed by atoms with Gasteiger partial charge in [-0.15, -0.1) is 0 Å². The fourth-order valence-electron chi connectivity index (χ4n) is 3.11. The van der Waals surface area contributed by atoms with Crippen LogP contribution in [0.3, 0.4) is 0 Å². The van der Waals surface area contributed by atoms with Gasteiger partial charge in [-0.25, -0.2) is 0 Å². The quantitative estimate of drug-likeness (QED) is 0.559. The lowest BCUT2D eigenvalue weighted by atomic mass is 10.1. The highest BCUT2D eigenvalue weighted by Gasteiger charge is 2.16. The van der Waals surface area contributed by atoms with Crippen molar-refractivity contribution in [3.63, 3.8) is 0 Å². The van der Waals surface area contributed by atoms with Crippen molar-refractivity contribution in [2.75, 3.05) is 28.3 Å².